The highest BCUT2D eigenvalue weighted by Crippen LogP contribution is 2.00. The monoisotopic (exact) mass is 384 g/mol. The molecule has 0 saturated heterocycles. The van der Waals surface area contributed by atoms with Gasteiger partial charge in [-0.1, -0.05) is 60.7 Å². The standard InChI is InChI=1S/2C9H12N4O/c2*1-7(12-13-9(14)11-10)8-5-3-2-4-6-8/h2*2-6H,10H2,1H3,(H2,11,13,14)/b2*12-7+. The average molecular weight is 384 g/mol. The fourth-order valence-corrected chi connectivity index (χ4v) is 1.82. The largest absolute Gasteiger partial charge is 0.349 e. The Balaban J connectivity index is 0.000000280. The molecule has 4 amide bonds. The number of hydrazine groups is 2. The van der Waals surface area contributed by atoms with Gasteiger partial charge >= 0.3 is 12.1 Å². The molecular formula is C18H24N8O2. The molecule has 0 unspecified atom stereocenters. The van der Waals surface area contributed by atoms with Crippen LogP contribution < -0.4 is 33.4 Å². The minimum atomic E-state index is -0.541. The highest BCUT2D eigenvalue weighted by atomic mass is 16.2. The normalized spacial score (nSPS) is 10.9. The molecule has 0 saturated carbocycles. The van der Waals surface area contributed by atoms with Crippen LogP contribution in [0.2, 0.25) is 0 Å². The average Bonchev–Trinajstić information content (AvgIpc) is 2.76. The summed E-state index contributed by atoms with van der Waals surface area (Å²) < 4.78 is 0. The summed E-state index contributed by atoms with van der Waals surface area (Å²) in [7, 11) is 0. The summed E-state index contributed by atoms with van der Waals surface area (Å²) in [6, 6.07) is 18.0. The summed E-state index contributed by atoms with van der Waals surface area (Å²) in [4.78, 5) is 21.4. The number of carbonyl (C=O) groups is 2. The third kappa shape index (κ3) is 8.56. The fourth-order valence-electron chi connectivity index (χ4n) is 1.82. The van der Waals surface area contributed by atoms with E-state index in [1.54, 1.807) is 13.8 Å². The lowest BCUT2D eigenvalue weighted by Crippen LogP contribution is -2.37. The number of hydrogen-bond acceptors (Lipinski definition) is 6. The van der Waals surface area contributed by atoms with E-state index in [1.165, 1.54) is 0 Å². The third-order valence-electron chi connectivity index (χ3n) is 3.30. The zero-order valence-electron chi connectivity index (χ0n) is 15.6. The smallest absolute Gasteiger partial charge is 0.274 e. The predicted octanol–water partition coefficient (Wildman–Crippen LogP) is 1.17. The van der Waals surface area contributed by atoms with Crippen LogP contribution in [0.4, 0.5) is 9.59 Å². The zero-order chi connectivity index (χ0) is 20.8. The van der Waals surface area contributed by atoms with Gasteiger partial charge in [-0.05, 0) is 25.0 Å². The first-order valence-corrected chi connectivity index (χ1v) is 8.20. The second-order valence-corrected chi connectivity index (χ2v) is 5.30. The van der Waals surface area contributed by atoms with Crippen LogP contribution in [0.15, 0.2) is 70.9 Å². The zero-order valence-corrected chi connectivity index (χ0v) is 15.6. The molecule has 0 bridgehead atoms. The van der Waals surface area contributed by atoms with E-state index in [4.69, 9.17) is 11.7 Å². The van der Waals surface area contributed by atoms with E-state index in [0.717, 1.165) is 11.1 Å². The number of benzene rings is 2. The van der Waals surface area contributed by atoms with Gasteiger partial charge < -0.3 is 0 Å². The van der Waals surface area contributed by atoms with Crippen LogP contribution in [0.1, 0.15) is 25.0 Å². The van der Waals surface area contributed by atoms with Crippen LogP contribution in [0.3, 0.4) is 0 Å². The Kier molecular flexibility index (Phi) is 10.0. The summed E-state index contributed by atoms with van der Waals surface area (Å²) in [6.45, 7) is 3.60. The molecule has 0 aliphatic carbocycles. The summed E-state index contributed by atoms with van der Waals surface area (Å²) in [6.07, 6.45) is 0. The molecule has 10 heteroatoms. The first-order valence-electron chi connectivity index (χ1n) is 8.20. The van der Waals surface area contributed by atoms with E-state index >= 15 is 0 Å². The molecule has 2 aromatic rings. The number of nitrogens with two attached hydrogens (primary N) is 2. The quantitative estimate of drug-likeness (QED) is 0.202. The minimum absolute atomic E-state index is 0.541. The van der Waals surface area contributed by atoms with Crippen molar-refractivity contribution in [3.63, 3.8) is 0 Å². The predicted molar refractivity (Wildman–Crippen MR) is 109 cm³/mol. The van der Waals surface area contributed by atoms with Gasteiger partial charge in [0.1, 0.15) is 0 Å². The second kappa shape index (κ2) is 12.6. The molecule has 0 heterocycles. The van der Waals surface area contributed by atoms with Gasteiger partial charge in [-0.25, -0.2) is 32.1 Å². The molecule has 0 radical (unpaired) electrons. The molecule has 0 aromatic heterocycles. The molecule has 0 fully saturated rings. The van der Waals surface area contributed by atoms with Crippen molar-refractivity contribution >= 4 is 23.5 Å². The second-order valence-electron chi connectivity index (χ2n) is 5.30. The Morgan fingerprint density at radius 1 is 0.679 bits per heavy atom. The first-order chi connectivity index (χ1) is 13.5. The number of amides is 4. The van der Waals surface area contributed by atoms with Gasteiger partial charge in [-0.3, -0.25) is 10.9 Å². The van der Waals surface area contributed by atoms with E-state index in [2.05, 4.69) is 21.1 Å². The lowest BCUT2D eigenvalue weighted by atomic mass is 10.1. The number of urea groups is 2. The van der Waals surface area contributed by atoms with Gasteiger partial charge in [0, 0.05) is 0 Å². The lowest BCUT2D eigenvalue weighted by Gasteiger charge is -2.01. The number of carbonyl (C=O) groups excluding carboxylic acids is 2. The maximum atomic E-state index is 10.7. The lowest BCUT2D eigenvalue weighted by molar-refractivity contribution is 0.241. The number of hydrazone groups is 2. The number of rotatable bonds is 4. The Hall–Kier alpha value is -3.76. The number of nitrogens with zero attached hydrogens (tertiary/aromatic N) is 2. The van der Waals surface area contributed by atoms with Crippen molar-refractivity contribution in [2.24, 2.45) is 21.9 Å². The maximum absolute atomic E-state index is 10.7. The molecule has 8 N–H and O–H groups in total. The molecule has 0 spiro atoms. The van der Waals surface area contributed by atoms with E-state index in [0.29, 0.717) is 11.4 Å². The van der Waals surface area contributed by atoms with Gasteiger partial charge in [-0.2, -0.15) is 10.2 Å². The molecule has 0 aliphatic rings. The summed E-state index contributed by atoms with van der Waals surface area (Å²) >= 11 is 0. The van der Waals surface area contributed by atoms with Crippen LogP contribution >= 0.6 is 0 Å². The van der Waals surface area contributed by atoms with E-state index in [1.807, 2.05) is 71.5 Å². The topological polar surface area (TPSA) is 159 Å². The Morgan fingerprint density at radius 3 is 1.29 bits per heavy atom. The number of nitrogens with one attached hydrogen (secondary N) is 4. The van der Waals surface area contributed by atoms with Crippen molar-refractivity contribution in [3.05, 3.63) is 71.8 Å². The van der Waals surface area contributed by atoms with Crippen molar-refractivity contribution in [2.45, 2.75) is 13.8 Å². The molecule has 148 valence electrons. The van der Waals surface area contributed by atoms with Crippen molar-refractivity contribution in [1.82, 2.24) is 21.7 Å². The summed E-state index contributed by atoms with van der Waals surface area (Å²) in [5.74, 6) is 9.73. The molecule has 0 aliphatic heterocycles. The van der Waals surface area contributed by atoms with Gasteiger partial charge in [0.2, 0.25) is 0 Å². The van der Waals surface area contributed by atoms with Crippen LogP contribution in [0.5, 0.6) is 0 Å². The Labute approximate surface area is 163 Å². The van der Waals surface area contributed by atoms with Gasteiger partial charge in [0.05, 0.1) is 11.4 Å². The third-order valence-corrected chi connectivity index (χ3v) is 3.30. The highest BCUT2D eigenvalue weighted by Gasteiger charge is 1.98. The molecule has 2 rings (SSSR count). The van der Waals surface area contributed by atoms with E-state index in [-0.39, 0.29) is 0 Å². The van der Waals surface area contributed by atoms with Crippen molar-refractivity contribution in [2.75, 3.05) is 0 Å². The van der Waals surface area contributed by atoms with E-state index < -0.39 is 12.1 Å². The summed E-state index contributed by atoms with van der Waals surface area (Å²) in [5, 5.41) is 7.68. The minimum Gasteiger partial charge on any atom is -0.274 e. The summed E-state index contributed by atoms with van der Waals surface area (Å²) in [5.41, 5.74) is 11.6. The highest BCUT2D eigenvalue weighted by molar-refractivity contribution is 5.99. The molecule has 0 atom stereocenters. The van der Waals surface area contributed by atoms with Gasteiger partial charge in [0.25, 0.3) is 0 Å². The molecule has 2 aromatic carbocycles. The van der Waals surface area contributed by atoms with Crippen LogP contribution in [0.25, 0.3) is 0 Å². The van der Waals surface area contributed by atoms with Gasteiger partial charge in [-0.15, -0.1) is 0 Å². The molecule has 10 nitrogen and oxygen atoms in total. The van der Waals surface area contributed by atoms with Gasteiger partial charge in [0.15, 0.2) is 0 Å². The van der Waals surface area contributed by atoms with E-state index in [9.17, 15) is 9.59 Å². The Bertz CT molecular complexity index is 737. The molecule has 28 heavy (non-hydrogen) atoms. The molecular weight excluding hydrogens is 360 g/mol. The Morgan fingerprint density at radius 2 is 1.00 bits per heavy atom. The maximum Gasteiger partial charge on any atom is 0.349 e. The van der Waals surface area contributed by atoms with Crippen molar-refractivity contribution in [1.29, 1.82) is 0 Å². The van der Waals surface area contributed by atoms with Crippen molar-refractivity contribution < 1.29 is 9.59 Å². The number of hydrogen-bond donors (Lipinski definition) is 6. The van der Waals surface area contributed by atoms with Crippen LogP contribution in [-0.4, -0.2) is 23.5 Å². The van der Waals surface area contributed by atoms with Crippen molar-refractivity contribution in [3.8, 4) is 0 Å². The first kappa shape index (κ1) is 22.3. The van der Waals surface area contributed by atoms with Crippen LogP contribution in [-0.2, 0) is 0 Å². The van der Waals surface area contributed by atoms with Crippen LogP contribution in [0, 0.1) is 0 Å². The SMILES string of the molecule is C/C(=N\NC(=O)NN)c1ccccc1.C/C(=N\NC(=O)NN)c1ccccc1. The fraction of sp³-hybridized carbons (Fsp3) is 0.111.